The molecular formula is C18H14N4O3S2. The second kappa shape index (κ2) is 7.29. The Morgan fingerprint density at radius 3 is 2.81 bits per heavy atom. The normalized spacial score (nSPS) is 16.1. The zero-order chi connectivity index (χ0) is 18.8. The molecule has 3 aromatic rings. The molecular weight excluding hydrogens is 384 g/mol. The SMILES string of the molecule is O=C(C[C@H]1NC(=O)c2ccccc2NC1=O)Nc1nc(-c2cccs2)cs1. The van der Waals surface area contributed by atoms with Gasteiger partial charge in [0.05, 0.1) is 28.2 Å². The lowest BCUT2D eigenvalue weighted by molar-refractivity contribution is -0.122. The first-order valence-corrected chi connectivity index (χ1v) is 9.86. The van der Waals surface area contributed by atoms with Crippen molar-refractivity contribution in [2.45, 2.75) is 12.5 Å². The number of benzene rings is 1. The van der Waals surface area contributed by atoms with Crippen LogP contribution < -0.4 is 16.0 Å². The number of hydrogen-bond acceptors (Lipinski definition) is 6. The Morgan fingerprint density at radius 1 is 1.15 bits per heavy atom. The molecule has 1 aliphatic heterocycles. The molecule has 136 valence electrons. The summed E-state index contributed by atoms with van der Waals surface area (Å²) in [5, 5.41) is 12.2. The number of anilines is 2. The molecule has 27 heavy (non-hydrogen) atoms. The van der Waals surface area contributed by atoms with E-state index in [1.54, 1.807) is 35.6 Å². The quantitative estimate of drug-likeness (QED) is 0.629. The molecule has 3 amide bonds. The highest BCUT2D eigenvalue weighted by Gasteiger charge is 2.29. The van der Waals surface area contributed by atoms with Crippen molar-refractivity contribution >= 4 is 51.2 Å². The van der Waals surface area contributed by atoms with Crippen molar-refractivity contribution in [1.82, 2.24) is 10.3 Å². The van der Waals surface area contributed by atoms with Gasteiger partial charge in [-0.05, 0) is 23.6 Å². The van der Waals surface area contributed by atoms with Gasteiger partial charge in [-0.2, -0.15) is 0 Å². The van der Waals surface area contributed by atoms with E-state index in [9.17, 15) is 14.4 Å². The monoisotopic (exact) mass is 398 g/mol. The average molecular weight is 398 g/mol. The zero-order valence-electron chi connectivity index (χ0n) is 13.9. The van der Waals surface area contributed by atoms with E-state index >= 15 is 0 Å². The third-order valence-electron chi connectivity index (χ3n) is 3.97. The van der Waals surface area contributed by atoms with E-state index in [2.05, 4.69) is 20.9 Å². The van der Waals surface area contributed by atoms with E-state index in [0.29, 0.717) is 16.4 Å². The fraction of sp³-hybridized carbons (Fsp3) is 0.111. The smallest absolute Gasteiger partial charge is 0.254 e. The number of para-hydroxylation sites is 1. The molecule has 2 aromatic heterocycles. The van der Waals surface area contributed by atoms with Gasteiger partial charge in [-0.25, -0.2) is 4.98 Å². The summed E-state index contributed by atoms with van der Waals surface area (Å²) in [4.78, 5) is 42.4. The Hall–Kier alpha value is -3.04. The molecule has 0 fully saturated rings. The fourth-order valence-electron chi connectivity index (χ4n) is 2.68. The van der Waals surface area contributed by atoms with Gasteiger partial charge in [0.15, 0.2) is 5.13 Å². The summed E-state index contributed by atoms with van der Waals surface area (Å²) in [5.41, 5.74) is 1.60. The maximum Gasteiger partial charge on any atom is 0.254 e. The lowest BCUT2D eigenvalue weighted by Gasteiger charge is -2.13. The lowest BCUT2D eigenvalue weighted by Crippen LogP contribution is -2.43. The molecule has 0 spiro atoms. The van der Waals surface area contributed by atoms with Gasteiger partial charge >= 0.3 is 0 Å². The van der Waals surface area contributed by atoms with Gasteiger partial charge in [0.1, 0.15) is 6.04 Å². The van der Waals surface area contributed by atoms with E-state index in [0.717, 1.165) is 10.6 Å². The van der Waals surface area contributed by atoms with Crippen molar-refractivity contribution in [3.8, 4) is 10.6 Å². The molecule has 0 bridgehead atoms. The number of carbonyl (C=O) groups excluding carboxylic acids is 3. The molecule has 4 rings (SSSR count). The van der Waals surface area contributed by atoms with Crippen molar-refractivity contribution in [2.75, 3.05) is 10.6 Å². The van der Waals surface area contributed by atoms with Crippen molar-refractivity contribution in [1.29, 1.82) is 0 Å². The van der Waals surface area contributed by atoms with Crippen LogP contribution in [0.5, 0.6) is 0 Å². The maximum atomic E-state index is 12.4. The van der Waals surface area contributed by atoms with Gasteiger partial charge in [-0.15, -0.1) is 22.7 Å². The van der Waals surface area contributed by atoms with E-state index in [1.807, 2.05) is 22.9 Å². The number of nitrogens with one attached hydrogen (secondary N) is 3. The van der Waals surface area contributed by atoms with Crippen LogP contribution >= 0.6 is 22.7 Å². The second-order valence-corrected chi connectivity index (χ2v) is 7.63. The van der Waals surface area contributed by atoms with Gasteiger partial charge in [-0.3, -0.25) is 14.4 Å². The highest BCUT2D eigenvalue weighted by molar-refractivity contribution is 7.16. The summed E-state index contributed by atoms with van der Waals surface area (Å²) >= 11 is 2.87. The largest absolute Gasteiger partial charge is 0.340 e. The zero-order valence-corrected chi connectivity index (χ0v) is 15.5. The minimum absolute atomic E-state index is 0.181. The van der Waals surface area contributed by atoms with Crippen LogP contribution in [0.3, 0.4) is 0 Å². The summed E-state index contributed by atoms with van der Waals surface area (Å²) < 4.78 is 0. The molecule has 9 heteroatoms. The number of nitrogens with zero attached hydrogens (tertiary/aromatic N) is 1. The molecule has 0 radical (unpaired) electrons. The number of hydrogen-bond donors (Lipinski definition) is 3. The molecule has 1 aliphatic rings. The maximum absolute atomic E-state index is 12.4. The average Bonchev–Trinajstić information content (AvgIpc) is 3.31. The van der Waals surface area contributed by atoms with Crippen molar-refractivity contribution in [3.05, 3.63) is 52.7 Å². The number of carbonyl (C=O) groups is 3. The third-order valence-corrected chi connectivity index (χ3v) is 5.62. The number of aromatic nitrogens is 1. The van der Waals surface area contributed by atoms with Crippen LogP contribution in [0, 0.1) is 0 Å². The number of fused-ring (bicyclic) bond motifs is 1. The first kappa shape index (κ1) is 17.4. The summed E-state index contributed by atoms with van der Waals surface area (Å²) in [7, 11) is 0. The van der Waals surface area contributed by atoms with Crippen LogP contribution in [0.15, 0.2) is 47.2 Å². The van der Waals surface area contributed by atoms with Crippen LogP contribution in [-0.4, -0.2) is 28.7 Å². The van der Waals surface area contributed by atoms with E-state index in [1.165, 1.54) is 11.3 Å². The van der Waals surface area contributed by atoms with Gasteiger partial charge < -0.3 is 16.0 Å². The Labute approximate surface area is 162 Å². The first-order chi connectivity index (χ1) is 13.1. The van der Waals surface area contributed by atoms with Gasteiger partial charge in [0.2, 0.25) is 11.8 Å². The van der Waals surface area contributed by atoms with Crippen LogP contribution in [0.25, 0.3) is 10.6 Å². The van der Waals surface area contributed by atoms with E-state index < -0.39 is 23.8 Å². The second-order valence-electron chi connectivity index (χ2n) is 5.83. The molecule has 0 unspecified atom stereocenters. The predicted molar refractivity (Wildman–Crippen MR) is 105 cm³/mol. The standard InChI is InChI=1S/C18H14N4O3S2/c23-15(22-18-21-13(9-27-18)14-6-3-7-26-14)8-12-17(25)19-11-5-2-1-4-10(11)16(24)20-12/h1-7,9,12H,8H2,(H,19,25)(H,20,24)(H,21,22,23)/t12-/m1/s1. The predicted octanol–water partition coefficient (Wildman–Crippen LogP) is 2.95. The number of thiazole rings is 1. The summed E-state index contributed by atoms with van der Waals surface area (Å²) in [5.74, 6) is -1.22. The molecule has 1 atom stereocenters. The Kier molecular flexibility index (Phi) is 4.69. The highest BCUT2D eigenvalue weighted by atomic mass is 32.1. The van der Waals surface area contributed by atoms with Gasteiger partial charge in [0.25, 0.3) is 5.91 Å². The molecule has 0 saturated heterocycles. The van der Waals surface area contributed by atoms with Crippen molar-refractivity contribution in [3.63, 3.8) is 0 Å². The Bertz CT molecular complexity index is 1010. The van der Waals surface area contributed by atoms with Crippen molar-refractivity contribution in [2.24, 2.45) is 0 Å². The molecule has 7 nitrogen and oxygen atoms in total. The van der Waals surface area contributed by atoms with Crippen molar-refractivity contribution < 1.29 is 14.4 Å². The Morgan fingerprint density at radius 2 is 2.00 bits per heavy atom. The molecule has 0 aliphatic carbocycles. The van der Waals surface area contributed by atoms with E-state index in [4.69, 9.17) is 0 Å². The molecule has 0 saturated carbocycles. The van der Waals surface area contributed by atoms with Crippen LogP contribution in [0.2, 0.25) is 0 Å². The highest BCUT2D eigenvalue weighted by Crippen LogP contribution is 2.28. The van der Waals surface area contributed by atoms with Crippen LogP contribution in [0.4, 0.5) is 10.8 Å². The fourth-order valence-corrected chi connectivity index (χ4v) is 4.17. The van der Waals surface area contributed by atoms with Gasteiger partial charge in [0, 0.05) is 5.38 Å². The number of amides is 3. The summed E-state index contributed by atoms with van der Waals surface area (Å²) in [6, 6.07) is 9.64. The summed E-state index contributed by atoms with van der Waals surface area (Å²) in [6.45, 7) is 0. The third kappa shape index (κ3) is 3.74. The van der Waals surface area contributed by atoms with Crippen LogP contribution in [-0.2, 0) is 9.59 Å². The summed E-state index contributed by atoms with van der Waals surface area (Å²) in [6.07, 6.45) is -0.181. The minimum atomic E-state index is -0.957. The number of thiophene rings is 1. The van der Waals surface area contributed by atoms with Crippen LogP contribution in [0.1, 0.15) is 16.8 Å². The van der Waals surface area contributed by atoms with E-state index in [-0.39, 0.29) is 6.42 Å². The Balaban J connectivity index is 1.42. The lowest BCUT2D eigenvalue weighted by atomic mass is 10.1. The molecule has 3 N–H and O–H groups in total. The first-order valence-electron chi connectivity index (χ1n) is 8.10. The number of rotatable bonds is 4. The molecule has 1 aromatic carbocycles. The minimum Gasteiger partial charge on any atom is -0.340 e. The molecule has 3 heterocycles. The van der Waals surface area contributed by atoms with Gasteiger partial charge in [-0.1, -0.05) is 18.2 Å². The topological polar surface area (TPSA) is 100 Å².